The van der Waals surface area contributed by atoms with Crippen molar-refractivity contribution in [1.82, 2.24) is 4.90 Å². The van der Waals surface area contributed by atoms with Crippen LogP contribution in [0, 0.1) is 5.92 Å². The Morgan fingerprint density at radius 1 is 1.37 bits per heavy atom. The highest BCUT2D eigenvalue weighted by atomic mass is 16.2. The summed E-state index contributed by atoms with van der Waals surface area (Å²) in [5.41, 5.74) is 7.06. The van der Waals surface area contributed by atoms with Gasteiger partial charge in [0.2, 0.25) is 5.91 Å². The van der Waals surface area contributed by atoms with Gasteiger partial charge in [-0.2, -0.15) is 0 Å². The molecule has 0 aromatic heterocycles. The predicted octanol–water partition coefficient (Wildman–Crippen LogP) is 0.700. The second-order valence-electron chi connectivity index (χ2n) is 5.06. The van der Waals surface area contributed by atoms with Crippen LogP contribution in [-0.4, -0.2) is 43.9 Å². The quantitative estimate of drug-likeness (QED) is 0.871. The van der Waals surface area contributed by atoms with E-state index in [-0.39, 0.29) is 17.7 Å². The van der Waals surface area contributed by atoms with Crippen molar-refractivity contribution in [3.05, 3.63) is 29.8 Å². The number of carbonyl (C=O) groups is 2. The van der Waals surface area contributed by atoms with Crippen LogP contribution in [-0.2, 0) is 4.79 Å². The van der Waals surface area contributed by atoms with Gasteiger partial charge in [-0.3, -0.25) is 9.59 Å². The molecule has 19 heavy (non-hydrogen) atoms. The van der Waals surface area contributed by atoms with Crippen molar-refractivity contribution in [3.8, 4) is 0 Å². The molecule has 102 valence electrons. The zero-order valence-electron chi connectivity index (χ0n) is 11.3. The minimum absolute atomic E-state index is 0.0425. The first-order chi connectivity index (χ1) is 9.02. The van der Waals surface area contributed by atoms with E-state index in [0.717, 1.165) is 5.69 Å². The van der Waals surface area contributed by atoms with Gasteiger partial charge < -0.3 is 15.5 Å². The van der Waals surface area contributed by atoms with Crippen molar-refractivity contribution in [2.75, 3.05) is 32.1 Å². The Labute approximate surface area is 113 Å². The van der Waals surface area contributed by atoms with Crippen LogP contribution < -0.4 is 10.6 Å². The summed E-state index contributed by atoms with van der Waals surface area (Å²) >= 11 is 0. The maximum absolute atomic E-state index is 11.9. The lowest BCUT2D eigenvalue weighted by Crippen LogP contribution is -2.26. The van der Waals surface area contributed by atoms with Crippen molar-refractivity contribution < 1.29 is 9.59 Å². The first-order valence-electron chi connectivity index (χ1n) is 6.35. The molecule has 1 atom stereocenters. The second-order valence-corrected chi connectivity index (χ2v) is 5.06. The summed E-state index contributed by atoms with van der Waals surface area (Å²) in [7, 11) is 3.43. The van der Waals surface area contributed by atoms with Gasteiger partial charge in [-0.1, -0.05) is 0 Å². The lowest BCUT2D eigenvalue weighted by atomic mass is 10.1. The first-order valence-corrected chi connectivity index (χ1v) is 6.35. The molecule has 5 heteroatoms. The number of rotatable bonds is 3. The molecule has 2 N–H and O–H groups in total. The minimum Gasteiger partial charge on any atom is -0.345 e. The third kappa shape index (κ3) is 2.76. The molecule has 1 aromatic rings. The molecule has 1 aromatic carbocycles. The van der Waals surface area contributed by atoms with Crippen LogP contribution in [0.25, 0.3) is 0 Å². The number of carbonyl (C=O) groups excluding carboxylic acids is 2. The highest BCUT2D eigenvalue weighted by Gasteiger charge is 2.29. The first kappa shape index (κ1) is 13.5. The van der Waals surface area contributed by atoms with E-state index in [1.807, 2.05) is 12.1 Å². The Hall–Kier alpha value is -1.88. The van der Waals surface area contributed by atoms with E-state index < -0.39 is 0 Å². The van der Waals surface area contributed by atoms with Crippen LogP contribution in [0.5, 0.6) is 0 Å². The molecule has 5 nitrogen and oxygen atoms in total. The normalized spacial score (nSPS) is 18.8. The van der Waals surface area contributed by atoms with Gasteiger partial charge in [0, 0.05) is 38.3 Å². The van der Waals surface area contributed by atoms with E-state index in [2.05, 4.69) is 0 Å². The van der Waals surface area contributed by atoms with E-state index in [9.17, 15) is 9.59 Å². The number of nitrogens with two attached hydrogens (primary N) is 1. The van der Waals surface area contributed by atoms with Crippen LogP contribution in [0.2, 0.25) is 0 Å². The summed E-state index contributed by atoms with van der Waals surface area (Å²) in [6, 6.07) is 7.13. The van der Waals surface area contributed by atoms with Gasteiger partial charge in [0.05, 0.1) is 0 Å². The summed E-state index contributed by atoms with van der Waals surface area (Å²) in [5.74, 6) is 0.289. The van der Waals surface area contributed by atoms with Gasteiger partial charge in [0.1, 0.15) is 0 Å². The van der Waals surface area contributed by atoms with Crippen LogP contribution in [0.15, 0.2) is 24.3 Å². The zero-order valence-corrected chi connectivity index (χ0v) is 11.3. The SMILES string of the molecule is CN(C)C(=O)c1ccc(N2CC(CN)CC2=O)cc1. The van der Waals surface area contributed by atoms with Gasteiger partial charge in [-0.25, -0.2) is 0 Å². The fourth-order valence-corrected chi connectivity index (χ4v) is 2.23. The van der Waals surface area contributed by atoms with Crippen LogP contribution >= 0.6 is 0 Å². The van der Waals surface area contributed by atoms with E-state index in [1.165, 1.54) is 4.90 Å². The molecule has 0 saturated carbocycles. The van der Waals surface area contributed by atoms with Gasteiger partial charge >= 0.3 is 0 Å². The largest absolute Gasteiger partial charge is 0.345 e. The van der Waals surface area contributed by atoms with Crippen LogP contribution in [0.3, 0.4) is 0 Å². The Kier molecular flexibility index (Phi) is 3.85. The number of anilines is 1. The van der Waals surface area contributed by atoms with Gasteiger partial charge in [0.25, 0.3) is 5.91 Å². The van der Waals surface area contributed by atoms with Gasteiger partial charge in [-0.05, 0) is 36.7 Å². The summed E-state index contributed by atoms with van der Waals surface area (Å²) in [5, 5.41) is 0. The molecular weight excluding hydrogens is 242 g/mol. The van der Waals surface area contributed by atoms with Crippen LogP contribution in [0.4, 0.5) is 5.69 Å². The smallest absolute Gasteiger partial charge is 0.253 e. The monoisotopic (exact) mass is 261 g/mol. The summed E-state index contributed by atoms with van der Waals surface area (Å²) in [4.78, 5) is 26.9. The Morgan fingerprint density at radius 2 is 2.00 bits per heavy atom. The molecule has 0 spiro atoms. The third-order valence-electron chi connectivity index (χ3n) is 3.37. The highest BCUT2D eigenvalue weighted by Crippen LogP contribution is 2.24. The molecule has 0 aliphatic carbocycles. The van der Waals surface area contributed by atoms with Gasteiger partial charge in [-0.15, -0.1) is 0 Å². The Morgan fingerprint density at radius 3 is 2.47 bits per heavy atom. The van der Waals surface area contributed by atoms with Crippen molar-refractivity contribution in [2.24, 2.45) is 11.7 Å². The molecule has 1 aliphatic rings. The second kappa shape index (κ2) is 5.40. The fraction of sp³-hybridized carbons (Fsp3) is 0.429. The van der Waals surface area contributed by atoms with E-state index in [1.54, 1.807) is 31.1 Å². The van der Waals surface area contributed by atoms with E-state index in [4.69, 9.17) is 5.73 Å². The fourth-order valence-electron chi connectivity index (χ4n) is 2.23. The summed E-state index contributed by atoms with van der Waals surface area (Å²) in [6.45, 7) is 1.19. The van der Waals surface area contributed by atoms with E-state index in [0.29, 0.717) is 25.1 Å². The lowest BCUT2D eigenvalue weighted by molar-refractivity contribution is -0.117. The molecule has 1 saturated heterocycles. The maximum atomic E-state index is 11.9. The number of hydrogen-bond acceptors (Lipinski definition) is 3. The van der Waals surface area contributed by atoms with Crippen LogP contribution in [0.1, 0.15) is 16.8 Å². The number of amides is 2. The highest BCUT2D eigenvalue weighted by molar-refractivity contribution is 5.97. The molecule has 2 rings (SSSR count). The Bertz CT molecular complexity index is 482. The number of benzene rings is 1. The average molecular weight is 261 g/mol. The van der Waals surface area contributed by atoms with E-state index >= 15 is 0 Å². The number of hydrogen-bond donors (Lipinski definition) is 1. The standard InChI is InChI=1S/C14H19N3O2/c1-16(2)14(19)11-3-5-12(6-4-11)17-9-10(8-15)7-13(17)18/h3-6,10H,7-9,15H2,1-2H3. The molecule has 1 aliphatic heterocycles. The topological polar surface area (TPSA) is 66.6 Å². The molecule has 0 radical (unpaired) electrons. The minimum atomic E-state index is -0.0425. The summed E-state index contributed by atoms with van der Waals surface area (Å²) < 4.78 is 0. The van der Waals surface area contributed by atoms with Crippen molar-refractivity contribution in [3.63, 3.8) is 0 Å². The molecule has 2 amide bonds. The molecule has 1 heterocycles. The third-order valence-corrected chi connectivity index (χ3v) is 3.37. The molecule has 1 fully saturated rings. The van der Waals surface area contributed by atoms with Crippen molar-refractivity contribution in [1.29, 1.82) is 0 Å². The Balaban J connectivity index is 2.15. The maximum Gasteiger partial charge on any atom is 0.253 e. The summed E-state index contributed by atoms with van der Waals surface area (Å²) in [6.07, 6.45) is 0.509. The number of nitrogens with zero attached hydrogens (tertiary/aromatic N) is 2. The zero-order chi connectivity index (χ0) is 14.0. The van der Waals surface area contributed by atoms with Crippen molar-refractivity contribution in [2.45, 2.75) is 6.42 Å². The van der Waals surface area contributed by atoms with Gasteiger partial charge in [0.15, 0.2) is 0 Å². The molecule has 1 unspecified atom stereocenters. The molecule has 0 bridgehead atoms. The predicted molar refractivity (Wildman–Crippen MR) is 74.0 cm³/mol. The van der Waals surface area contributed by atoms with Crippen molar-refractivity contribution >= 4 is 17.5 Å². The average Bonchev–Trinajstić information content (AvgIpc) is 2.79. The lowest BCUT2D eigenvalue weighted by Gasteiger charge is -2.17. The molecular formula is C14H19N3O2.